The molecule has 0 atom stereocenters. The number of pyridine rings is 1. The second-order valence-corrected chi connectivity index (χ2v) is 13.7. The molecule has 0 aliphatic carbocycles. The summed E-state index contributed by atoms with van der Waals surface area (Å²) in [6, 6.07) is 1.80. The van der Waals surface area contributed by atoms with E-state index < -0.39 is 14.1 Å². The van der Waals surface area contributed by atoms with Crippen LogP contribution in [0, 0.1) is 0 Å². The monoisotopic (exact) mass is 393 g/mol. The van der Waals surface area contributed by atoms with Crippen molar-refractivity contribution in [2.45, 2.75) is 77.6 Å². The van der Waals surface area contributed by atoms with Crippen LogP contribution in [0.4, 0.5) is 0 Å². The van der Waals surface area contributed by atoms with Crippen molar-refractivity contribution in [2.75, 3.05) is 13.2 Å². The average Bonchev–Trinajstić information content (AvgIpc) is 3.21. The lowest BCUT2D eigenvalue weighted by molar-refractivity contribution is -0.163. The van der Waals surface area contributed by atoms with E-state index in [1.165, 1.54) is 0 Å². The molecule has 1 fully saturated rings. The van der Waals surface area contributed by atoms with E-state index in [1.54, 1.807) is 10.6 Å². The average molecular weight is 394 g/mol. The van der Waals surface area contributed by atoms with Crippen LogP contribution in [-0.2, 0) is 32.8 Å². The molecule has 0 amide bonds. The van der Waals surface area contributed by atoms with Crippen molar-refractivity contribution in [2.24, 2.45) is 0 Å². The molecule has 0 unspecified atom stereocenters. The minimum Gasteiger partial charge on any atom is -0.412 e. The van der Waals surface area contributed by atoms with Crippen molar-refractivity contribution in [3.8, 4) is 0 Å². The van der Waals surface area contributed by atoms with Gasteiger partial charge in [0.2, 0.25) is 5.79 Å². The number of hydrogen-bond acceptors (Lipinski definition) is 5. The predicted molar refractivity (Wildman–Crippen MR) is 106 cm³/mol. The third-order valence-electron chi connectivity index (χ3n) is 6.21. The van der Waals surface area contributed by atoms with Crippen LogP contribution < -0.4 is 5.56 Å². The molecule has 0 radical (unpaired) electrons. The molecule has 150 valence electrons. The molecular formula is C20H31NO5Si. The van der Waals surface area contributed by atoms with E-state index in [-0.39, 0.29) is 23.0 Å². The van der Waals surface area contributed by atoms with E-state index >= 15 is 0 Å². The van der Waals surface area contributed by atoms with Gasteiger partial charge >= 0.3 is 0 Å². The molecule has 0 aromatic carbocycles. The minimum absolute atomic E-state index is 0.0322. The van der Waals surface area contributed by atoms with Crippen LogP contribution in [0.5, 0.6) is 0 Å². The van der Waals surface area contributed by atoms with Crippen molar-refractivity contribution in [3.05, 3.63) is 33.2 Å². The van der Waals surface area contributed by atoms with Gasteiger partial charge in [-0.1, -0.05) is 27.7 Å². The molecule has 27 heavy (non-hydrogen) atoms. The zero-order valence-electron chi connectivity index (χ0n) is 17.3. The molecule has 3 rings (SSSR count). The van der Waals surface area contributed by atoms with Gasteiger partial charge < -0.3 is 18.5 Å². The number of fused-ring (bicyclic) bond motifs is 2. The molecule has 0 bridgehead atoms. The molecule has 6 nitrogen and oxygen atoms in total. The summed E-state index contributed by atoms with van der Waals surface area (Å²) in [5.41, 5.74) is 1.43. The first-order chi connectivity index (χ1) is 12.5. The first kappa shape index (κ1) is 20.5. The molecule has 1 aromatic rings. The number of rotatable bonds is 5. The fraction of sp³-hybridized carbons (Fsp3) is 0.700. The number of carbonyl (C=O) groups is 1. The first-order valence-electron chi connectivity index (χ1n) is 9.75. The van der Waals surface area contributed by atoms with Gasteiger partial charge in [-0.25, -0.2) is 0 Å². The van der Waals surface area contributed by atoms with Crippen LogP contribution in [0.2, 0.25) is 18.1 Å². The maximum Gasteiger partial charge on any atom is 0.257 e. The number of carbonyl (C=O) groups excluding carboxylic acids is 1. The number of Topliss-reactive ketones (excluding diaryl/α,β-unsaturated/α-hetero) is 1. The highest BCUT2D eigenvalue weighted by molar-refractivity contribution is 6.74. The normalized spacial score (nSPS) is 18.9. The Kier molecular flexibility index (Phi) is 5.27. The molecule has 1 spiro atoms. The lowest BCUT2D eigenvalue weighted by atomic mass is 10.0. The Bertz CT molecular complexity index is 800. The molecule has 3 heterocycles. The number of ketones is 1. The Morgan fingerprint density at radius 2 is 1.93 bits per heavy atom. The van der Waals surface area contributed by atoms with E-state index in [1.807, 2.05) is 6.92 Å². The van der Waals surface area contributed by atoms with Gasteiger partial charge in [-0.05, 0) is 24.2 Å². The van der Waals surface area contributed by atoms with E-state index in [0.717, 1.165) is 0 Å². The van der Waals surface area contributed by atoms with Gasteiger partial charge in [-0.2, -0.15) is 0 Å². The van der Waals surface area contributed by atoms with Gasteiger partial charge in [0.1, 0.15) is 0 Å². The van der Waals surface area contributed by atoms with E-state index in [2.05, 4.69) is 33.9 Å². The summed E-state index contributed by atoms with van der Waals surface area (Å²) in [4.78, 5) is 25.9. The molecular weight excluding hydrogens is 362 g/mol. The number of hydrogen-bond donors (Lipinski definition) is 0. The third-order valence-corrected chi connectivity index (χ3v) is 10.7. The van der Waals surface area contributed by atoms with Crippen molar-refractivity contribution < 1.29 is 18.7 Å². The highest BCUT2D eigenvalue weighted by atomic mass is 28.4. The van der Waals surface area contributed by atoms with Crippen molar-refractivity contribution in [1.82, 2.24) is 4.57 Å². The minimum atomic E-state index is -2.04. The lowest BCUT2D eigenvalue weighted by Gasteiger charge is -2.36. The molecule has 7 heteroatoms. The summed E-state index contributed by atoms with van der Waals surface area (Å²) in [6.07, 6.45) is 0.930. The van der Waals surface area contributed by atoms with Gasteiger partial charge in [0.25, 0.3) is 5.56 Å². The molecule has 2 aliphatic rings. The second-order valence-electron chi connectivity index (χ2n) is 8.90. The van der Waals surface area contributed by atoms with Crippen LogP contribution in [0.3, 0.4) is 0 Å². The van der Waals surface area contributed by atoms with Crippen LogP contribution in [0.15, 0.2) is 10.9 Å². The zero-order chi connectivity index (χ0) is 20.0. The Morgan fingerprint density at radius 1 is 1.30 bits per heavy atom. The number of aromatic nitrogens is 1. The fourth-order valence-electron chi connectivity index (χ4n) is 3.41. The Hall–Kier alpha value is -1.28. The summed E-state index contributed by atoms with van der Waals surface area (Å²) in [5.74, 6) is -0.926. The Balaban J connectivity index is 2.04. The van der Waals surface area contributed by atoms with E-state index in [4.69, 9.17) is 13.9 Å². The standard InChI is InChI=1S/C20H31NO5Si/c1-7-16(22)14-12-17-20(24-10-11-25-20)8-9-21(17)18(23)15(14)13-26-27(5,6)19(2,3)4/h12H,7-11,13H2,1-6H3. The van der Waals surface area contributed by atoms with Crippen LogP contribution >= 0.6 is 0 Å². The maximum absolute atomic E-state index is 13.2. The lowest BCUT2D eigenvalue weighted by Crippen LogP contribution is -2.41. The Morgan fingerprint density at radius 3 is 2.48 bits per heavy atom. The predicted octanol–water partition coefficient (Wildman–Crippen LogP) is 3.57. The molecule has 0 N–H and O–H groups in total. The summed E-state index contributed by atoms with van der Waals surface area (Å²) >= 11 is 0. The topological polar surface area (TPSA) is 66.8 Å². The summed E-state index contributed by atoms with van der Waals surface area (Å²) < 4.78 is 19.6. The summed E-state index contributed by atoms with van der Waals surface area (Å²) in [6.45, 7) is 14.3. The fourth-order valence-corrected chi connectivity index (χ4v) is 4.35. The van der Waals surface area contributed by atoms with Gasteiger partial charge in [-0.15, -0.1) is 0 Å². The van der Waals surface area contributed by atoms with Crippen LogP contribution in [-0.4, -0.2) is 31.9 Å². The third kappa shape index (κ3) is 3.46. The van der Waals surface area contributed by atoms with Gasteiger partial charge in [0.15, 0.2) is 14.1 Å². The number of ether oxygens (including phenoxy) is 2. The van der Waals surface area contributed by atoms with E-state index in [9.17, 15) is 9.59 Å². The second kappa shape index (κ2) is 6.95. The van der Waals surface area contributed by atoms with E-state index in [0.29, 0.717) is 49.4 Å². The largest absolute Gasteiger partial charge is 0.412 e. The first-order valence-corrected chi connectivity index (χ1v) is 12.7. The SMILES string of the molecule is CCC(=O)c1cc2n(c(=O)c1CO[Si](C)(C)C(C)(C)C)CCC21OCCO1. The highest BCUT2D eigenvalue weighted by Crippen LogP contribution is 2.40. The van der Waals surface area contributed by atoms with Crippen molar-refractivity contribution >= 4 is 14.1 Å². The smallest absolute Gasteiger partial charge is 0.257 e. The summed E-state index contributed by atoms with van der Waals surface area (Å²) in [5, 5.41) is 0.0322. The van der Waals surface area contributed by atoms with Gasteiger partial charge in [-0.3, -0.25) is 9.59 Å². The molecule has 0 saturated carbocycles. The highest BCUT2D eigenvalue weighted by Gasteiger charge is 2.46. The maximum atomic E-state index is 13.2. The zero-order valence-corrected chi connectivity index (χ0v) is 18.3. The Labute approximate surface area is 161 Å². The van der Waals surface area contributed by atoms with Crippen LogP contribution in [0.25, 0.3) is 0 Å². The van der Waals surface area contributed by atoms with Gasteiger partial charge in [0, 0.05) is 24.9 Å². The van der Waals surface area contributed by atoms with Gasteiger partial charge in [0.05, 0.1) is 31.1 Å². The molecule has 1 aromatic heterocycles. The van der Waals surface area contributed by atoms with Crippen molar-refractivity contribution in [1.29, 1.82) is 0 Å². The number of nitrogens with zero attached hydrogens (tertiary/aromatic N) is 1. The summed E-state index contributed by atoms with van der Waals surface area (Å²) in [7, 11) is -2.04. The quantitative estimate of drug-likeness (QED) is 0.565. The van der Waals surface area contributed by atoms with Crippen LogP contribution in [0.1, 0.15) is 62.2 Å². The molecule has 2 aliphatic heterocycles. The van der Waals surface area contributed by atoms with Crippen molar-refractivity contribution in [3.63, 3.8) is 0 Å². The molecule has 1 saturated heterocycles.